The number of carbonyl (C=O) groups is 4. The molecule has 0 aliphatic carbocycles. The summed E-state index contributed by atoms with van der Waals surface area (Å²) >= 11 is 2.67. The van der Waals surface area contributed by atoms with Crippen LogP contribution >= 0.6 is 23.1 Å². The SMILES string of the molecule is CCON=C(C(=O)N[C@@H]1C(=O)N2C(C(=O)O)=C(COC(C)=O)CS[C@H]12)c1ccsc1. The van der Waals surface area contributed by atoms with Crippen LogP contribution in [-0.2, 0) is 28.8 Å². The molecule has 2 N–H and O–H groups in total. The highest BCUT2D eigenvalue weighted by Crippen LogP contribution is 2.40. The topological polar surface area (TPSA) is 135 Å². The Balaban J connectivity index is 1.76. The van der Waals surface area contributed by atoms with Gasteiger partial charge in [0.1, 0.15) is 30.3 Å². The third-order valence-electron chi connectivity index (χ3n) is 4.28. The fourth-order valence-corrected chi connectivity index (χ4v) is 4.91. The van der Waals surface area contributed by atoms with Gasteiger partial charge in [-0.25, -0.2) is 4.79 Å². The van der Waals surface area contributed by atoms with E-state index >= 15 is 0 Å². The van der Waals surface area contributed by atoms with E-state index in [9.17, 15) is 24.3 Å². The molecular formula is C18H19N3O7S2. The lowest BCUT2D eigenvalue weighted by atomic mass is 10.0. The molecule has 2 aliphatic rings. The molecule has 3 rings (SSSR count). The summed E-state index contributed by atoms with van der Waals surface area (Å²) in [6, 6.07) is 0.802. The predicted octanol–water partition coefficient (Wildman–Crippen LogP) is 0.790. The molecule has 12 heteroatoms. The zero-order valence-electron chi connectivity index (χ0n) is 16.1. The average Bonchev–Trinajstić information content (AvgIpc) is 3.24. The number of carboxylic acids is 1. The number of thioether (sulfide) groups is 1. The molecule has 160 valence electrons. The molecule has 0 aromatic carbocycles. The van der Waals surface area contributed by atoms with Crippen molar-refractivity contribution in [3.05, 3.63) is 33.7 Å². The highest BCUT2D eigenvalue weighted by Gasteiger charge is 2.54. The number of carbonyl (C=O) groups excluding carboxylic acids is 3. The van der Waals surface area contributed by atoms with Crippen LogP contribution in [0.5, 0.6) is 0 Å². The summed E-state index contributed by atoms with van der Waals surface area (Å²) in [5.74, 6) is -2.74. The third-order valence-corrected chi connectivity index (χ3v) is 6.30. The van der Waals surface area contributed by atoms with Crippen molar-refractivity contribution in [2.75, 3.05) is 19.0 Å². The number of ether oxygens (including phenoxy) is 1. The van der Waals surface area contributed by atoms with Gasteiger partial charge in [-0.1, -0.05) is 5.16 Å². The van der Waals surface area contributed by atoms with Gasteiger partial charge in [-0.2, -0.15) is 11.3 Å². The third kappa shape index (κ3) is 4.33. The summed E-state index contributed by atoms with van der Waals surface area (Å²) < 4.78 is 4.90. The van der Waals surface area contributed by atoms with E-state index in [0.29, 0.717) is 11.1 Å². The number of nitrogens with zero attached hydrogens (tertiary/aromatic N) is 2. The largest absolute Gasteiger partial charge is 0.477 e. The number of amides is 2. The summed E-state index contributed by atoms with van der Waals surface area (Å²) in [6.07, 6.45) is 0. The van der Waals surface area contributed by atoms with E-state index in [1.807, 2.05) is 0 Å². The van der Waals surface area contributed by atoms with Gasteiger partial charge in [-0.3, -0.25) is 19.3 Å². The first-order chi connectivity index (χ1) is 14.3. The van der Waals surface area contributed by atoms with Gasteiger partial charge in [0.05, 0.1) is 0 Å². The molecular weight excluding hydrogens is 434 g/mol. The summed E-state index contributed by atoms with van der Waals surface area (Å²) in [5, 5.41) is 19.0. The Labute approximate surface area is 179 Å². The van der Waals surface area contributed by atoms with Crippen molar-refractivity contribution in [1.82, 2.24) is 10.2 Å². The van der Waals surface area contributed by atoms with E-state index in [1.165, 1.54) is 30.0 Å². The second kappa shape index (κ2) is 9.30. The zero-order chi connectivity index (χ0) is 21.8. The van der Waals surface area contributed by atoms with Crippen molar-refractivity contribution in [2.24, 2.45) is 5.16 Å². The fraction of sp³-hybridized carbons (Fsp3) is 0.389. The number of carboxylic acid groups (broad SMARTS) is 1. The van der Waals surface area contributed by atoms with E-state index in [1.54, 1.807) is 23.8 Å². The molecule has 0 radical (unpaired) electrons. The fourth-order valence-electron chi connectivity index (χ4n) is 2.95. The van der Waals surface area contributed by atoms with Crippen LogP contribution in [0.4, 0.5) is 0 Å². The maximum absolute atomic E-state index is 12.7. The number of β-lactam (4-membered cyclic amide) rings is 1. The van der Waals surface area contributed by atoms with E-state index in [0.717, 1.165) is 4.90 Å². The monoisotopic (exact) mass is 453 g/mol. The van der Waals surface area contributed by atoms with Gasteiger partial charge in [0.2, 0.25) is 0 Å². The van der Waals surface area contributed by atoms with Crippen LogP contribution in [0, 0.1) is 0 Å². The Bertz CT molecular complexity index is 926. The normalized spacial score (nSPS) is 20.9. The minimum absolute atomic E-state index is 0.0368. The van der Waals surface area contributed by atoms with Crippen molar-refractivity contribution in [1.29, 1.82) is 0 Å². The van der Waals surface area contributed by atoms with Gasteiger partial charge in [-0.05, 0) is 18.4 Å². The molecule has 3 heterocycles. The minimum atomic E-state index is -1.29. The molecule has 0 spiro atoms. The Hall–Kier alpha value is -2.86. The first-order valence-corrected chi connectivity index (χ1v) is 10.9. The molecule has 2 atom stereocenters. The Morgan fingerprint density at radius 1 is 1.40 bits per heavy atom. The van der Waals surface area contributed by atoms with E-state index in [2.05, 4.69) is 10.5 Å². The first kappa shape index (κ1) is 21.8. The van der Waals surface area contributed by atoms with Crippen LogP contribution < -0.4 is 5.32 Å². The summed E-state index contributed by atoms with van der Waals surface area (Å²) in [5.41, 5.74) is 0.709. The molecule has 0 saturated carbocycles. The van der Waals surface area contributed by atoms with Gasteiger partial charge in [0, 0.05) is 29.2 Å². The minimum Gasteiger partial charge on any atom is -0.477 e. The van der Waals surface area contributed by atoms with Gasteiger partial charge >= 0.3 is 11.9 Å². The molecule has 10 nitrogen and oxygen atoms in total. The molecule has 1 fully saturated rings. The lowest BCUT2D eigenvalue weighted by molar-refractivity contribution is -0.150. The lowest BCUT2D eigenvalue weighted by Gasteiger charge is -2.49. The van der Waals surface area contributed by atoms with Crippen LogP contribution in [0.1, 0.15) is 19.4 Å². The Morgan fingerprint density at radius 3 is 2.77 bits per heavy atom. The van der Waals surface area contributed by atoms with Crippen molar-refractivity contribution < 1.29 is 33.9 Å². The molecule has 1 saturated heterocycles. The quantitative estimate of drug-likeness (QED) is 0.255. The van der Waals surface area contributed by atoms with Gasteiger partial charge in [-0.15, -0.1) is 11.8 Å². The Morgan fingerprint density at radius 2 is 2.17 bits per heavy atom. The number of aliphatic carboxylic acids is 1. The number of rotatable bonds is 8. The van der Waals surface area contributed by atoms with Gasteiger partial charge in [0.15, 0.2) is 5.71 Å². The van der Waals surface area contributed by atoms with Crippen molar-refractivity contribution in [3.63, 3.8) is 0 Å². The smallest absolute Gasteiger partial charge is 0.352 e. The average molecular weight is 453 g/mol. The maximum atomic E-state index is 12.7. The van der Waals surface area contributed by atoms with Gasteiger partial charge < -0.3 is 20.0 Å². The molecule has 2 aliphatic heterocycles. The summed E-state index contributed by atoms with van der Waals surface area (Å²) in [7, 11) is 0. The molecule has 0 unspecified atom stereocenters. The lowest BCUT2D eigenvalue weighted by Crippen LogP contribution is -2.71. The standard InChI is InChI=1S/C18H19N3O7S2/c1-3-28-20-12(10-4-5-29-7-10)15(23)19-13-16(24)21-14(18(25)26)11(6-27-9(2)22)8-30-17(13)21/h4-5,7,13,17H,3,6,8H2,1-2H3,(H,19,23)(H,25,26)/t13-,17-/m1/s1. The van der Waals surface area contributed by atoms with Crippen LogP contribution in [0.15, 0.2) is 33.3 Å². The number of esters is 1. The molecule has 0 bridgehead atoms. The second-order valence-corrected chi connectivity index (χ2v) is 8.15. The van der Waals surface area contributed by atoms with Crippen LogP contribution in [-0.4, -0.2) is 69.9 Å². The number of nitrogens with one attached hydrogen (secondary N) is 1. The summed E-state index contributed by atoms with van der Waals surface area (Å²) in [4.78, 5) is 54.3. The van der Waals surface area contributed by atoms with E-state index in [4.69, 9.17) is 9.57 Å². The van der Waals surface area contributed by atoms with E-state index < -0.39 is 35.2 Å². The van der Waals surface area contributed by atoms with Crippen LogP contribution in [0.2, 0.25) is 0 Å². The molecule has 1 aromatic rings. The van der Waals surface area contributed by atoms with Crippen LogP contribution in [0.3, 0.4) is 0 Å². The summed E-state index contributed by atoms with van der Waals surface area (Å²) in [6.45, 7) is 3.01. The van der Waals surface area contributed by atoms with Crippen molar-refractivity contribution >= 4 is 52.6 Å². The van der Waals surface area contributed by atoms with Gasteiger partial charge in [0.25, 0.3) is 11.8 Å². The van der Waals surface area contributed by atoms with Crippen molar-refractivity contribution in [3.8, 4) is 0 Å². The number of hydrogen-bond acceptors (Lipinski definition) is 9. The second-order valence-electron chi connectivity index (χ2n) is 6.27. The van der Waals surface area contributed by atoms with Crippen LogP contribution in [0.25, 0.3) is 0 Å². The number of oxime groups is 1. The highest BCUT2D eigenvalue weighted by molar-refractivity contribution is 8.00. The molecule has 2 amide bonds. The molecule has 1 aromatic heterocycles. The number of hydrogen-bond donors (Lipinski definition) is 2. The highest BCUT2D eigenvalue weighted by atomic mass is 32.2. The Kier molecular flexibility index (Phi) is 6.77. The number of thiophene rings is 1. The zero-order valence-corrected chi connectivity index (χ0v) is 17.7. The van der Waals surface area contributed by atoms with Crippen molar-refractivity contribution in [2.45, 2.75) is 25.3 Å². The predicted molar refractivity (Wildman–Crippen MR) is 109 cm³/mol. The maximum Gasteiger partial charge on any atom is 0.352 e. The number of fused-ring (bicyclic) bond motifs is 1. The molecule has 30 heavy (non-hydrogen) atoms. The first-order valence-electron chi connectivity index (χ1n) is 8.91. The van der Waals surface area contributed by atoms with E-state index in [-0.39, 0.29) is 30.4 Å².